The number of aryl methyl sites for hydroxylation is 1. The fourth-order valence-electron chi connectivity index (χ4n) is 5.11. The van der Waals surface area contributed by atoms with Gasteiger partial charge in [0.2, 0.25) is 5.91 Å². The molecule has 0 bridgehead atoms. The van der Waals surface area contributed by atoms with Gasteiger partial charge in [0.05, 0.1) is 13.2 Å². The highest BCUT2D eigenvalue weighted by molar-refractivity contribution is 9.10. The highest BCUT2D eigenvalue weighted by atomic mass is 79.9. The van der Waals surface area contributed by atoms with Crippen LogP contribution in [0.15, 0.2) is 71.3 Å². The number of methoxy groups -OCH3 is 1. The highest BCUT2D eigenvalue weighted by Crippen LogP contribution is 2.25. The van der Waals surface area contributed by atoms with E-state index in [0.29, 0.717) is 25.3 Å². The molecule has 1 aromatic heterocycles. The van der Waals surface area contributed by atoms with Crippen molar-refractivity contribution in [3.8, 4) is 0 Å². The number of carbonyl (C=O) groups is 2. The van der Waals surface area contributed by atoms with Crippen LogP contribution in [0.2, 0.25) is 0 Å². The molecule has 0 atom stereocenters. The lowest BCUT2D eigenvalue weighted by molar-refractivity contribution is -0.135. The lowest BCUT2D eigenvalue weighted by atomic mass is 9.94. The minimum Gasteiger partial charge on any atom is -0.383 e. The Hall–Kier alpha value is -2.90. The van der Waals surface area contributed by atoms with Gasteiger partial charge >= 0.3 is 0 Å². The van der Waals surface area contributed by atoms with Crippen LogP contribution in [0.3, 0.4) is 0 Å². The maximum atomic E-state index is 13.9. The van der Waals surface area contributed by atoms with Gasteiger partial charge in [-0.15, -0.1) is 0 Å². The van der Waals surface area contributed by atoms with Crippen molar-refractivity contribution < 1.29 is 14.3 Å². The Morgan fingerprint density at radius 3 is 2.39 bits per heavy atom. The smallest absolute Gasteiger partial charge is 0.254 e. The van der Waals surface area contributed by atoms with E-state index >= 15 is 0 Å². The molecule has 1 heterocycles. The molecule has 0 spiro atoms. The second kappa shape index (κ2) is 13.8. The average molecular weight is 581 g/mol. The first-order valence-electron chi connectivity index (χ1n) is 13.5. The van der Waals surface area contributed by atoms with Crippen molar-refractivity contribution in [1.29, 1.82) is 0 Å². The maximum absolute atomic E-state index is 13.9. The Morgan fingerprint density at radius 2 is 1.71 bits per heavy atom. The standard InChI is InChI=1S/C31H38BrN3O3/c1-24-10-14-26(15-11-24)31(37)34(19-20-38-2)23-30(36)35(28-7-4-3-5-8-28)22-29-9-6-18-33(29)21-25-12-16-27(32)17-13-25/h6,9-18,28H,3-5,7-8,19-23H2,1-2H3. The van der Waals surface area contributed by atoms with Crippen LogP contribution in [-0.2, 0) is 22.6 Å². The summed E-state index contributed by atoms with van der Waals surface area (Å²) in [5.41, 5.74) is 3.98. The van der Waals surface area contributed by atoms with E-state index in [1.807, 2.05) is 42.2 Å². The molecule has 4 rings (SSSR count). The van der Waals surface area contributed by atoms with Crippen LogP contribution in [0.25, 0.3) is 0 Å². The topological polar surface area (TPSA) is 54.8 Å². The Bertz CT molecular complexity index is 1180. The van der Waals surface area contributed by atoms with Gasteiger partial charge in [-0.25, -0.2) is 0 Å². The van der Waals surface area contributed by atoms with E-state index in [9.17, 15) is 9.59 Å². The van der Waals surface area contributed by atoms with Crippen molar-refractivity contribution in [1.82, 2.24) is 14.4 Å². The molecule has 1 saturated carbocycles. The third-order valence-electron chi connectivity index (χ3n) is 7.34. The molecule has 2 aromatic carbocycles. The molecule has 2 amide bonds. The normalized spacial score (nSPS) is 13.9. The van der Waals surface area contributed by atoms with Gasteiger partial charge in [-0.05, 0) is 61.7 Å². The molecule has 0 N–H and O–H groups in total. The Kier molecular flexibility index (Phi) is 10.2. The van der Waals surface area contributed by atoms with E-state index < -0.39 is 0 Å². The third kappa shape index (κ3) is 7.58. The summed E-state index contributed by atoms with van der Waals surface area (Å²) < 4.78 is 8.55. The summed E-state index contributed by atoms with van der Waals surface area (Å²) in [5.74, 6) is -0.150. The zero-order chi connectivity index (χ0) is 26.9. The quantitative estimate of drug-likeness (QED) is 0.277. The number of hydrogen-bond acceptors (Lipinski definition) is 3. The average Bonchev–Trinajstić information content (AvgIpc) is 3.37. The first kappa shape index (κ1) is 28.1. The first-order valence-corrected chi connectivity index (χ1v) is 14.3. The number of hydrogen-bond donors (Lipinski definition) is 0. The summed E-state index contributed by atoms with van der Waals surface area (Å²) in [6, 6.07) is 20.2. The van der Waals surface area contributed by atoms with Crippen LogP contribution in [0.5, 0.6) is 0 Å². The predicted molar refractivity (Wildman–Crippen MR) is 154 cm³/mol. The third-order valence-corrected chi connectivity index (χ3v) is 7.86. The molecule has 0 saturated heterocycles. The van der Waals surface area contributed by atoms with Crippen LogP contribution < -0.4 is 0 Å². The van der Waals surface area contributed by atoms with Crippen molar-refractivity contribution in [3.05, 3.63) is 93.7 Å². The molecule has 1 aliphatic rings. The van der Waals surface area contributed by atoms with Crippen LogP contribution in [0.4, 0.5) is 0 Å². The number of nitrogens with zero attached hydrogens (tertiary/aromatic N) is 3. The van der Waals surface area contributed by atoms with E-state index in [2.05, 4.69) is 57.0 Å². The van der Waals surface area contributed by atoms with Gasteiger partial charge in [-0.3, -0.25) is 9.59 Å². The number of aromatic nitrogens is 1. The van der Waals surface area contributed by atoms with Crippen LogP contribution in [-0.4, -0.2) is 59.0 Å². The van der Waals surface area contributed by atoms with Gasteiger partial charge in [0.1, 0.15) is 6.54 Å². The zero-order valence-electron chi connectivity index (χ0n) is 22.4. The summed E-state index contributed by atoms with van der Waals surface area (Å²) in [4.78, 5) is 31.0. The number of amides is 2. The molecule has 1 aliphatic carbocycles. The predicted octanol–water partition coefficient (Wildman–Crippen LogP) is 6.06. The number of carbonyl (C=O) groups excluding carboxylic acids is 2. The molecule has 0 aliphatic heterocycles. The first-order chi connectivity index (χ1) is 18.4. The minimum absolute atomic E-state index is 0.00939. The molecule has 38 heavy (non-hydrogen) atoms. The van der Waals surface area contributed by atoms with E-state index in [-0.39, 0.29) is 24.4 Å². The molecule has 3 aromatic rings. The Labute approximate surface area is 234 Å². The summed E-state index contributed by atoms with van der Waals surface area (Å²) in [5, 5.41) is 0. The van der Waals surface area contributed by atoms with E-state index in [0.717, 1.165) is 48.0 Å². The molecule has 0 unspecified atom stereocenters. The SMILES string of the molecule is COCCN(CC(=O)N(Cc1cccn1Cc1ccc(Br)cc1)C1CCCCC1)C(=O)c1ccc(C)cc1. The Morgan fingerprint density at radius 1 is 1.00 bits per heavy atom. The van der Waals surface area contributed by atoms with Crippen LogP contribution in [0.1, 0.15) is 59.3 Å². The number of halogens is 1. The molecule has 0 radical (unpaired) electrons. The zero-order valence-corrected chi connectivity index (χ0v) is 24.0. The van der Waals surface area contributed by atoms with Crippen LogP contribution >= 0.6 is 15.9 Å². The summed E-state index contributed by atoms with van der Waals surface area (Å²) >= 11 is 3.51. The summed E-state index contributed by atoms with van der Waals surface area (Å²) in [6.45, 7) is 4.06. The van der Waals surface area contributed by atoms with Gasteiger partial charge < -0.3 is 19.1 Å². The monoisotopic (exact) mass is 579 g/mol. The number of rotatable bonds is 11. The molecule has 6 nitrogen and oxygen atoms in total. The number of ether oxygens (including phenoxy) is 1. The Balaban J connectivity index is 1.54. The fraction of sp³-hybridized carbons (Fsp3) is 0.419. The van der Waals surface area contributed by atoms with Gasteiger partial charge in [0, 0.05) is 48.2 Å². The van der Waals surface area contributed by atoms with Crippen molar-refractivity contribution in [2.24, 2.45) is 0 Å². The van der Waals surface area contributed by atoms with E-state index in [1.165, 1.54) is 12.0 Å². The lowest BCUT2D eigenvalue weighted by Crippen LogP contribution is -2.48. The van der Waals surface area contributed by atoms with Gasteiger partial charge in [0.25, 0.3) is 5.91 Å². The van der Waals surface area contributed by atoms with E-state index in [1.54, 1.807) is 12.0 Å². The van der Waals surface area contributed by atoms with Crippen molar-refractivity contribution in [3.63, 3.8) is 0 Å². The highest BCUT2D eigenvalue weighted by Gasteiger charge is 2.29. The largest absolute Gasteiger partial charge is 0.383 e. The van der Waals surface area contributed by atoms with Gasteiger partial charge in [-0.1, -0.05) is 65.0 Å². The second-order valence-corrected chi connectivity index (χ2v) is 11.1. The molecular weight excluding hydrogens is 542 g/mol. The molecule has 7 heteroatoms. The number of benzene rings is 2. The molecule has 1 fully saturated rings. The van der Waals surface area contributed by atoms with Gasteiger partial charge in [0.15, 0.2) is 0 Å². The summed E-state index contributed by atoms with van der Waals surface area (Å²) in [7, 11) is 1.62. The molecular formula is C31H38BrN3O3. The van der Waals surface area contributed by atoms with Crippen molar-refractivity contribution >= 4 is 27.7 Å². The van der Waals surface area contributed by atoms with E-state index in [4.69, 9.17) is 4.74 Å². The van der Waals surface area contributed by atoms with Crippen LogP contribution in [0, 0.1) is 6.92 Å². The van der Waals surface area contributed by atoms with Crippen molar-refractivity contribution in [2.75, 3.05) is 26.8 Å². The minimum atomic E-state index is -0.141. The molecule has 202 valence electrons. The van der Waals surface area contributed by atoms with Gasteiger partial charge in [-0.2, -0.15) is 0 Å². The maximum Gasteiger partial charge on any atom is 0.254 e. The van der Waals surface area contributed by atoms with Crippen molar-refractivity contribution in [2.45, 2.75) is 58.2 Å². The summed E-state index contributed by atoms with van der Waals surface area (Å²) in [6.07, 6.45) is 7.55. The fourth-order valence-corrected chi connectivity index (χ4v) is 5.37. The lowest BCUT2D eigenvalue weighted by Gasteiger charge is -2.36. The second-order valence-electron chi connectivity index (χ2n) is 10.2.